The van der Waals surface area contributed by atoms with Crippen molar-refractivity contribution in [3.05, 3.63) is 46.4 Å². The molecule has 0 N–H and O–H groups in total. The SMILES string of the molecule is COCCc1nc2c(c(N3CCN(c4ccccc4Cl)CC3)n1)CCOCC2. The van der Waals surface area contributed by atoms with Crippen molar-refractivity contribution in [2.45, 2.75) is 19.3 Å². The first-order valence-electron chi connectivity index (χ1n) is 9.96. The van der Waals surface area contributed by atoms with E-state index in [9.17, 15) is 0 Å². The van der Waals surface area contributed by atoms with Gasteiger partial charge in [0.05, 0.1) is 36.2 Å². The second kappa shape index (κ2) is 9.07. The predicted octanol–water partition coefficient (Wildman–Crippen LogP) is 2.76. The lowest BCUT2D eigenvalue weighted by Crippen LogP contribution is -2.47. The number of aromatic nitrogens is 2. The largest absolute Gasteiger partial charge is 0.384 e. The zero-order chi connectivity index (χ0) is 19.3. The average molecular weight is 403 g/mol. The first-order chi connectivity index (χ1) is 13.8. The Morgan fingerprint density at radius 1 is 1.04 bits per heavy atom. The number of methoxy groups -OCH3 is 1. The lowest BCUT2D eigenvalue weighted by Gasteiger charge is -2.38. The van der Waals surface area contributed by atoms with E-state index >= 15 is 0 Å². The van der Waals surface area contributed by atoms with Crippen molar-refractivity contribution in [3.8, 4) is 0 Å². The van der Waals surface area contributed by atoms with E-state index in [1.54, 1.807) is 7.11 Å². The molecule has 2 aliphatic rings. The van der Waals surface area contributed by atoms with Crippen LogP contribution in [0.4, 0.5) is 11.5 Å². The van der Waals surface area contributed by atoms with E-state index in [0.717, 1.165) is 86.7 Å². The molecule has 4 rings (SSSR count). The van der Waals surface area contributed by atoms with Gasteiger partial charge in [0.2, 0.25) is 0 Å². The Labute approximate surface area is 171 Å². The van der Waals surface area contributed by atoms with Crippen molar-refractivity contribution in [2.24, 2.45) is 0 Å². The number of ether oxygens (including phenoxy) is 2. The minimum absolute atomic E-state index is 0.634. The summed E-state index contributed by atoms with van der Waals surface area (Å²) in [6.07, 6.45) is 2.46. The molecule has 1 aromatic heterocycles. The number of rotatable bonds is 5. The summed E-state index contributed by atoms with van der Waals surface area (Å²) in [7, 11) is 1.71. The summed E-state index contributed by atoms with van der Waals surface area (Å²) in [6.45, 7) is 5.78. The number of hydrogen-bond donors (Lipinski definition) is 0. The van der Waals surface area contributed by atoms with Gasteiger partial charge in [-0.3, -0.25) is 0 Å². The molecule has 0 radical (unpaired) electrons. The molecular formula is C21H27ClN4O2. The van der Waals surface area contributed by atoms with Crippen LogP contribution < -0.4 is 9.80 Å². The molecule has 150 valence electrons. The maximum absolute atomic E-state index is 6.39. The molecule has 6 nitrogen and oxygen atoms in total. The van der Waals surface area contributed by atoms with Crippen LogP contribution in [0.3, 0.4) is 0 Å². The molecule has 7 heteroatoms. The third-order valence-corrected chi connectivity index (χ3v) is 5.72. The smallest absolute Gasteiger partial charge is 0.135 e. The highest BCUT2D eigenvalue weighted by Gasteiger charge is 2.25. The van der Waals surface area contributed by atoms with Crippen LogP contribution in [0.2, 0.25) is 5.02 Å². The van der Waals surface area contributed by atoms with E-state index in [-0.39, 0.29) is 0 Å². The Kier molecular flexibility index (Phi) is 6.29. The fourth-order valence-electron chi connectivity index (χ4n) is 3.91. The van der Waals surface area contributed by atoms with E-state index in [0.29, 0.717) is 6.61 Å². The quantitative estimate of drug-likeness (QED) is 0.766. The molecule has 2 aliphatic heterocycles. The third-order valence-electron chi connectivity index (χ3n) is 5.40. The van der Waals surface area contributed by atoms with E-state index in [1.807, 2.05) is 18.2 Å². The Morgan fingerprint density at radius 2 is 1.79 bits per heavy atom. The molecule has 0 atom stereocenters. The molecule has 0 unspecified atom stereocenters. The first kappa shape index (κ1) is 19.4. The highest BCUT2D eigenvalue weighted by molar-refractivity contribution is 6.33. The predicted molar refractivity (Wildman–Crippen MR) is 112 cm³/mol. The van der Waals surface area contributed by atoms with Crippen molar-refractivity contribution in [2.75, 3.05) is 62.9 Å². The van der Waals surface area contributed by atoms with Gasteiger partial charge < -0.3 is 19.3 Å². The molecule has 0 saturated carbocycles. The van der Waals surface area contributed by atoms with E-state index in [4.69, 9.17) is 31.0 Å². The van der Waals surface area contributed by atoms with Gasteiger partial charge in [0.25, 0.3) is 0 Å². The maximum Gasteiger partial charge on any atom is 0.135 e. The molecule has 0 aliphatic carbocycles. The summed E-state index contributed by atoms with van der Waals surface area (Å²) < 4.78 is 10.9. The van der Waals surface area contributed by atoms with Gasteiger partial charge in [-0.1, -0.05) is 23.7 Å². The number of hydrogen-bond acceptors (Lipinski definition) is 6. The summed E-state index contributed by atoms with van der Waals surface area (Å²) in [5.74, 6) is 1.95. The number of benzene rings is 1. The monoisotopic (exact) mass is 402 g/mol. The Morgan fingerprint density at radius 3 is 2.57 bits per heavy atom. The zero-order valence-corrected chi connectivity index (χ0v) is 17.1. The van der Waals surface area contributed by atoms with Gasteiger partial charge in [0.15, 0.2) is 0 Å². The van der Waals surface area contributed by atoms with Crippen LogP contribution in [0.15, 0.2) is 24.3 Å². The highest BCUT2D eigenvalue weighted by Crippen LogP contribution is 2.29. The summed E-state index contributed by atoms with van der Waals surface area (Å²) in [6, 6.07) is 8.06. The number of anilines is 2. The molecule has 0 amide bonds. The Hall–Kier alpha value is -1.89. The van der Waals surface area contributed by atoms with Crippen molar-refractivity contribution in [1.82, 2.24) is 9.97 Å². The Balaban J connectivity index is 1.56. The molecule has 0 spiro atoms. The van der Waals surface area contributed by atoms with E-state index in [1.165, 1.54) is 5.56 Å². The number of nitrogens with zero attached hydrogens (tertiary/aromatic N) is 4. The van der Waals surface area contributed by atoms with Crippen LogP contribution in [0.1, 0.15) is 17.1 Å². The van der Waals surface area contributed by atoms with Crippen LogP contribution in [0, 0.1) is 0 Å². The molecule has 0 bridgehead atoms. The molecule has 1 fully saturated rings. The van der Waals surface area contributed by atoms with Crippen molar-refractivity contribution >= 4 is 23.1 Å². The molecule has 2 aromatic rings. The summed E-state index contributed by atoms with van der Waals surface area (Å²) in [5.41, 5.74) is 3.51. The summed E-state index contributed by atoms with van der Waals surface area (Å²) in [5, 5.41) is 0.811. The lowest BCUT2D eigenvalue weighted by molar-refractivity contribution is 0.146. The number of para-hydroxylation sites is 1. The molecule has 1 saturated heterocycles. The molecule has 1 aromatic carbocycles. The lowest BCUT2D eigenvalue weighted by atomic mass is 10.1. The maximum atomic E-state index is 6.39. The van der Waals surface area contributed by atoms with Gasteiger partial charge in [-0.15, -0.1) is 0 Å². The van der Waals surface area contributed by atoms with E-state index < -0.39 is 0 Å². The van der Waals surface area contributed by atoms with Gasteiger partial charge in [-0.05, 0) is 12.1 Å². The van der Waals surface area contributed by atoms with Gasteiger partial charge in [0.1, 0.15) is 11.6 Å². The van der Waals surface area contributed by atoms with Crippen LogP contribution in [0.5, 0.6) is 0 Å². The van der Waals surface area contributed by atoms with Gasteiger partial charge in [-0.25, -0.2) is 9.97 Å². The van der Waals surface area contributed by atoms with E-state index in [2.05, 4.69) is 15.9 Å². The van der Waals surface area contributed by atoms with Gasteiger partial charge in [0, 0.05) is 58.1 Å². The number of halogens is 1. The average Bonchev–Trinajstić information content (AvgIpc) is 2.98. The first-order valence-corrected chi connectivity index (χ1v) is 10.3. The molecule has 28 heavy (non-hydrogen) atoms. The minimum Gasteiger partial charge on any atom is -0.384 e. The highest BCUT2D eigenvalue weighted by atomic mass is 35.5. The minimum atomic E-state index is 0.634. The topological polar surface area (TPSA) is 50.7 Å². The van der Waals surface area contributed by atoms with Gasteiger partial charge >= 0.3 is 0 Å². The Bertz CT molecular complexity index is 809. The fourth-order valence-corrected chi connectivity index (χ4v) is 4.16. The zero-order valence-electron chi connectivity index (χ0n) is 16.4. The molecular weight excluding hydrogens is 376 g/mol. The molecule has 3 heterocycles. The van der Waals surface area contributed by atoms with Crippen LogP contribution >= 0.6 is 11.6 Å². The van der Waals surface area contributed by atoms with Crippen molar-refractivity contribution < 1.29 is 9.47 Å². The van der Waals surface area contributed by atoms with Crippen molar-refractivity contribution in [3.63, 3.8) is 0 Å². The van der Waals surface area contributed by atoms with Crippen LogP contribution in [0.25, 0.3) is 0 Å². The van der Waals surface area contributed by atoms with Gasteiger partial charge in [-0.2, -0.15) is 0 Å². The standard InChI is InChI=1S/C21H27ClN4O2/c1-27-13-8-20-23-18-7-15-28-14-6-16(18)21(24-20)26-11-9-25(10-12-26)19-5-3-2-4-17(19)22/h2-5H,6-15H2,1H3. The van der Waals surface area contributed by atoms with Crippen molar-refractivity contribution in [1.29, 1.82) is 0 Å². The van der Waals surface area contributed by atoms with Crippen LogP contribution in [-0.4, -0.2) is 63.1 Å². The normalized spacial score (nSPS) is 17.4. The second-order valence-electron chi connectivity index (χ2n) is 7.17. The second-order valence-corrected chi connectivity index (χ2v) is 7.58. The number of piperazine rings is 1. The number of fused-ring (bicyclic) bond motifs is 1. The summed E-state index contributed by atoms with van der Waals surface area (Å²) >= 11 is 6.39. The summed E-state index contributed by atoms with van der Waals surface area (Å²) in [4.78, 5) is 14.5. The third kappa shape index (κ3) is 4.24. The fraction of sp³-hybridized carbons (Fsp3) is 0.524. The van der Waals surface area contributed by atoms with Crippen LogP contribution in [-0.2, 0) is 28.7 Å².